The van der Waals surface area contributed by atoms with Gasteiger partial charge >= 0.3 is 0 Å². The Morgan fingerprint density at radius 2 is 0.913 bits per heavy atom. The van der Waals surface area contributed by atoms with E-state index in [1.54, 1.807) is 0 Å². The zero-order valence-corrected chi connectivity index (χ0v) is 14.5. The molecule has 0 aromatic heterocycles. The molecule has 0 spiro atoms. The van der Waals surface area contributed by atoms with E-state index in [1.165, 1.54) is 46.7 Å². The van der Waals surface area contributed by atoms with Crippen LogP contribution in [-0.4, -0.2) is 0 Å². The first-order valence-electron chi connectivity index (χ1n) is 7.72. The van der Waals surface area contributed by atoms with Crippen LogP contribution >= 0.6 is 22.6 Å². The highest BCUT2D eigenvalue weighted by atomic mass is 127. The van der Waals surface area contributed by atoms with Gasteiger partial charge in [-0.15, -0.1) is 0 Å². The Balaban J connectivity index is 1.93. The molecule has 5 aromatic carbocycles. The molecule has 0 atom stereocenters. The average molecular weight is 404 g/mol. The molecule has 0 aliphatic heterocycles. The number of halogens is 1. The number of hydrogen-bond donors (Lipinski definition) is 0. The van der Waals surface area contributed by atoms with E-state index in [9.17, 15) is 0 Å². The van der Waals surface area contributed by atoms with Gasteiger partial charge < -0.3 is 0 Å². The number of benzene rings is 5. The minimum Gasteiger partial charge on any atom is -0.0616 e. The van der Waals surface area contributed by atoms with Gasteiger partial charge in [-0.05, 0) is 108 Å². The van der Waals surface area contributed by atoms with Crippen molar-refractivity contribution in [2.45, 2.75) is 0 Å². The van der Waals surface area contributed by atoms with Crippen molar-refractivity contribution < 1.29 is 0 Å². The summed E-state index contributed by atoms with van der Waals surface area (Å²) >= 11 is 2.42. The van der Waals surface area contributed by atoms with E-state index in [1.807, 2.05) is 0 Å². The molecule has 0 fully saturated rings. The maximum atomic E-state index is 2.42. The van der Waals surface area contributed by atoms with Crippen LogP contribution in [0.4, 0.5) is 0 Å². The molecule has 0 heterocycles. The highest BCUT2D eigenvalue weighted by Crippen LogP contribution is 2.31. The summed E-state index contributed by atoms with van der Waals surface area (Å²) in [6.07, 6.45) is 0. The summed E-state index contributed by atoms with van der Waals surface area (Å²) in [7, 11) is 0. The van der Waals surface area contributed by atoms with Gasteiger partial charge in [-0.1, -0.05) is 36.4 Å². The van der Waals surface area contributed by atoms with Gasteiger partial charge in [0.2, 0.25) is 0 Å². The van der Waals surface area contributed by atoms with Crippen LogP contribution in [0.25, 0.3) is 43.1 Å². The minimum atomic E-state index is 1.30. The molecular weight excluding hydrogens is 391 g/mol. The molecule has 0 unspecified atom stereocenters. The fourth-order valence-corrected chi connectivity index (χ4v) is 4.11. The Labute approximate surface area is 147 Å². The van der Waals surface area contributed by atoms with E-state index in [0.29, 0.717) is 0 Å². The normalized spacial score (nSPS) is 11.7. The van der Waals surface area contributed by atoms with Crippen LogP contribution in [-0.2, 0) is 0 Å². The van der Waals surface area contributed by atoms with E-state index in [-0.39, 0.29) is 0 Å². The maximum Gasteiger partial charge on any atom is 0.0209 e. The van der Waals surface area contributed by atoms with Crippen molar-refractivity contribution in [1.82, 2.24) is 0 Å². The van der Waals surface area contributed by atoms with Gasteiger partial charge in [0.15, 0.2) is 0 Å². The van der Waals surface area contributed by atoms with Gasteiger partial charge in [-0.3, -0.25) is 0 Å². The zero-order chi connectivity index (χ0) is 15.4. The number of rotatable bonds is 0. The highest BCUT2D eigenvalue weighted by Gasteiger charge is 2.04. The topological polar surface area (TPSA) is 0 Å². The van der Waals surface area contributed by atoms with E-state index < -0.39 is 0 Å². The quantitative estimate of drug-likeness (QED) is 0.194. The van der Waals surface area contributed by atoms with E-state index in [2.05, 4.69) is 101 Å². The molecule has 0 N–H and O–H groups in total. The summed E-state index contributed by atoms with van der Waals surface area (Å²) in [5.74, 6) is 0. The largest absolute Gasteiger partial charge is 0.0616 e. The minimum absolute atomic E-state index is 1.30. The molecule has 0 radical (unpaired) electrons. The van der Waals surface area contributed by atoms with Crippen molar-refractivity contribution in [2.24, 2.45) is 0 Å². The van der Waals surface area contributed by atoms with Crippen molar-refractivity contribution in [1.29, 1.82) is 0 Å². The fourth-order valence-electron chi connectivity index (χ4n) is 3.43. The van der Waals surface area contributed by atoms with Crippen LogP contribution in [0.1, 0.15) is 0 Å². The molecule has 23 heavy (non-hydrogen) atoms. The Kier molecular flexibility index (Phi) is 2.86. The third-order valence-corrected chi connectivity index (χ3v) is 5.54. The lowest BCUT2D eigenvalue weighted by Crippen LogP contribution is -1.82. The standard InChI is InChI=1S/C22H13I/c23-22-7-3-6-16-10-19-11-17-8-14-4-1-2-5-15(14)9-18(17)12-20(19)13-21(16)22/h1-13H. The Bertz CT molecular complexity index is 1220. The molecular formula is C22H13I. The fraction of sp³-hybridized carbons (Fsp3) is 0. The monoisotopic (exact) mass is 404 g/mol. The van der Waals surface area contributed by atoms with Crippen molar-refractivity contribution in [2.75, 3.05) is 0 Å². The van der Waals surface area contributed by atoms with E-state index >= 15 is 0 Å². The zero-order valence-electron chi connectivity index (χ0n) is 12.4. The second kappa shape index (κ2) is 4.93. The van der Waals surface area contributed by atoms with E-state index in [4.69, 9.17) is 0 Å². The lowest BCUT2D eigenvalue weighted by Gasteiger charge is -2.08. The molecule has 0 aliphatic carbocycles. The van der Waals surface area contributed by atoms with Crippen molar-refractivity contribution in [3.05, 3.63) is 82.4 Å². The van der Waals surface area contributed by atoms with E-state index in [0.717, 1.165) is 0 Å². The van der Waals surface area contributed by atoms with Gasteiger partial charge in [-0.25, -0.2) is 0 Å². The van der Waals surface area contributed by atoms with Crippen LogP contribution in [0, 0.1) is 3.57 Å². The SMILES string of the molecule is Ic1cccc2cc3cc4cc5ccccc5cc4cc3cc12. The highest BCUT2D eigenvalue weighted by molar-refractivity contribution is 14.1. The third-order valence-electron chi connectivity index (χ3n) is 4.60. The van der Waals surface area contributed by atoms with Gasteiger partial charge in [0.05, 0.1) is 0 Å². The summed E-state index contributed by atoms with van der Waals surface area (Å²) < 4.78 is 1.31. The summed E-state index contributed by atoms with van der Waals surface area (Å²) in [6.45, 7) is 0. The summed E-state index contributed by atoms with van der Waals surface area (Å²) in [4.78, 5) is 0. The van der Waals surface area contributed by atoms with Gasteiger partial charge in [0.1, 0.15) is 0 Å². The van der Waals surface area contributed by atoms with Gasteiger partial charge in [0, 0.05) is 3.57 Å². The molecule has 0 saturated carbocycles. The van der Waals surface area contributed by atoms with Crippen LogP contribution in [0.5, 0.6) is 0 Å². The van der Waals surface area contributed by atoms with Crippen molar-refractivity contribution >= 4 is 65.7 Å². The van der Waals surface area contributed by atoms with Crippen LogP contribution in [0.15, 0.2) is 78.9 Å². The summed E-state index contributed by atoms with van der Waals surface area (Å²) in [5, 5.41) is 10.5. The molecule has 1 heteroatoms. The predicted molar refractivity (Wildman–Crippen MR) is 109 cm³/mol. The number of fused-ring (bicyclic) bond motifs is 4. The smallest absolute Gasteiger partial charge is 0.0209 e. The van der Waals surface area contributed by atoms with Gasteiger partial charge in [-0.2, -0.15) is 0 Å². The molecule has 0 bridgehead atoms. The van der Waals surface area contributed by atoms with Crippen LogP contribution in [0.3, 0.4) is 0 Å². The van der Waals surface area contributed by atoms with Crippen LogP contribution < -0.4 is 0 Å². The Morgan fingerprint density at radius 1 is 0.435 bits per heavy atom. The molecule has 0 aliphatic rings. The molecule has 0 nitrogen and oxygen atoms in total. The summed E-state index contributed by atoms with van der Waals surface area (Å²) in [6, 6.07) is 28.9. The lowest BCUT2D eigenvalue weighted by atomic mass is 9.97. The molecule has 0 amide bonds. The second-order valence-electron chi connectivity index (χ2n) is 6.06. The first-order chi connectivity index (χ1) is 11.3. The second-order valence-corrected chi connectivity index (χ2v) is 7.22. The molecule has 5 aromatic rings. The molecule has 5 rings (SSSR count). The molecule has 0 saturated heterocycles. The summed E-state index contributed by atoms with van der Waals surface area (Å²) in [5.41, 5.74) is 0. The first kappa shape index (κ1) is 13.3. The van der Waals surface area contributed by atoms with Gasteiger partial charge in [0.25, 0.3) is 0 Å². The Hall–Kier alpha value is -2.13. The first-order valence-corrected chi connectivity index (χ1v) is 8.80. The lowest BCUT2D eigenvalue weighted by molar-refractivity contribution is 1.74. The maximum absolute atomic E-state index is 2.42. The van der Waals surface area contributed by atoms with Crippen molar-refractivity contribution in [3.8, 4) is 0 Å². The average Bonchev–Trinajstić information content (AvgIpc) is 2.57. The molecule has 108 valence electrons. The Morgan fingerprint density at radius 3 is 1.57 bits per heavy atom. The van der Waals surface area contributed by atoms with Crippen molar-refractivity contribution in [3.63, 3.8) is 0 Å². The van der Waals surface area contributed by atoms with Crippen LogP contribution in [0.2, 0.25) is 0 Å². The third kappa shape index (κ3) is 2.11. The predicted octanol–water partition coefficient (Wildman–Crippen LogP) is 6.90. The number of hydrogen-bond acceptors (Lipinski definition) is 0.